The molecule has 0 aliphatic carbocycles. The molecule has 0 saturated heterocycles. The van der Waals surface area contributed by atoms with E-state index in [-0.39, 0.29) is 11.7 Å². The van der Waals surface area contributed by atoms with Gasteiger partial charge in [-0.15, -0.1) is 0 Å². The summed E-state index contributed by atoms with van der Waals surface area (Å²) in [5.74, 6) is 0. The highest BCUT2D eigenvalue weighted by molar-refractivity contribution is 5.74. The van der Waals surface area contributed by atoms with E-state index in [0.717, 1.165) is 29.6 Å². The van der Waals surface area contributed by atoms with Crippen LogP contribution in [0.5, 0.6) is 0 Å². The number of imidazole rings is 1. The summed E-state index contributed by atoms with van der Waals surface area (Å²) in [5.41, 5.74) is 2.63. The maximum Gasteiger partial charge on any atom is 0.327 e. The maximum atomic E-state index is 11.9. The van der Waals surface area contributed by atoms with Crippen molar-refractivity contribution in [2.45, 2.75) is 39.7 Å². The summed E-state index contributed by atoms with van der Waals surface area (Å²) >= 11 is 0. The summed E-state index contributed by atoms with van der Waals surface area (Å²) < 4.78 is 1.76. The fraction of sp³-hybridized carbons (Fsp3) is 0.500. The largest absolute Gasteiger partial charge is 0.327 e. The van der Waals surface area contributed by atoms with Gasteiger partial charge in [-0.1, -0.05) is 13.3 Å². The molecule has 1 atom stereocenters. The molecule has 0 aromatic carbocycles. The van der Waals surface area contributed by atoms with E-state index in [2.05, 4.69) is 23.8 Å². The zero-order valence-electron chi connectivity index (χ0n) is 9.95. The van der Waals surface area contributed by atoms with Gasteiger partial charge in [-0.3, -0.25) is 4.57 Å². The molecule has 2 aromatic rings. The number of nitrogens with zero attached hydrogens (tertiary/aromatic N) is 2. The Morgan fingerprint density at radius 3 is 3.00 bits per heavy atom. The molecular weight excluding hydrogens is 202 g/mol. The predicted octanol–water partition coefficient (Wildman–Crippen LogP) is 2.39. The average molecular weight is 219 g/mol. The van der Waals surface area contributed by atoms with Gasteiger partial charge in [-0.05, 0) is 31.9 Å². The van der Waals surface area contributed by atoms with Gasteiger partial charge in [0, 0.05) is 12.2 Å². The van der Waals surface area contributed by atoms with Crippen LogP contribution in [-0.2, 0) is 0 Å². The Kier molecular flexibility index (Phi) is 2.81. The first-order chi connectivity index (χ1) is 7.65. The van der Waals surface area contributed by atoms with Gasteiger partial charge in [-0.2, -0.15) is 0 Å². The summed E-state index contributed by atoms with van der Waals surface area (Å²) in [6, 6.07) is 2.10. The third-order valence-electron chi connectivity index (χ3n) is 2.97. The number of aryl methyl sites for hydroxylation is 1. The second-order valence-electron chi connectivity index (χ2n) is 4.26. The lowest BCUT2D eigenvalue weighted by Crippen LogP contribution is -2.20. The molecule has 4 heteroatoms. The zero-order chi connectivity index (χ0) is 11.7. The van der Waals surface area contributed by atoms with Crippen LogP contribution < -0.4 is 5.69 Å². The van der Waals surface area contributed by atoms with Crippen molar-refractivity contribution >= 4 is 11.2 Å². The Morgan fingerprint density at radius 1 is 1.56 bits per heavy atom. The number of nitrogens with one attached hydrogen (secondary N) is 1. The molecule has 4 nitrogen and oxygen atoms in total. The third-order valence-corrected chi connectivity index (χ3v) is 2.97. The highest BCUT2D eigenvalue weighted by atomic mass is 16.1. The summed E-state index contributed by atoms with van der Waals surface area (Å²) in [4.78, 5) is 19.1. The minimum atomic E-state index is -0.0576. The van der Waals surface area contributed by atoms with Gasteiger partial charge < -0.3 is 4.98 Å². The number of pyridine rings is 1. The fourth-order valence-corrected chi connectivity index (χ4v) is 2.10. The lowest BCUT2D eigenvalue weighted by atomic mass is 10.2. The number of aromatic amines is 1. The van der Waals surface area contributed by atoms with Crippen molar-refractivity contribution in [2.24, 2.45) is 0 Å². The fourth-order valence-electron chi connectivity index (χ4n) is 2.10. The van der Waals surface area contributed by atoms with Crippen LogP contribution in [0.4, 0.5) is 0 Å². The first kappa shape index (κ1) is 10.9. The Labute approximate surface area is 94.3 Å². The average Bonchev–Trinajstić information content (AvgIpc) is 2.56. The monoisotopic (exact) mass is 219 g/mol. The molecule has 0 aliphatic heterocycles. The first-order valence-electron chi connectivity index (χ1n) is 5.71. The van der Waals surface area contributed by atoms with Crippen molar-refractivity contribution in [2.75, 3.05) is 0 Å². The number of hydrogen-bond donors (Lipinski definition) is 1. The highest BCUT2D eigenvalue weighted by Crippen LogP contribution is 2.18. The van der Waals surface area contributed by atoms with Gasteiger partial charge in [-0.25, -0.2) is 9.78 Å². The van der Waals surface area contributed by atoms with E-state index in [1.54, 1.807) is 10.8 Å². The summed E-state index contributed by atoms with van der Waals surface area (Å²) in [5, 5.41) is 0. The summed E-state index contributed by atoms with van der Waals surface area (Å²) in [6.45, 7) is 6.16. The second-order valence-corrected chi connectivity index (χ2v) is 4.26. The Morgan fingerprint density at radius 2 is 2.31 bits per heavy atom. The molecule has 1 unspecified atom stereocenters. The van der Waals surface area contributed by atoms with Crippen molar-refractivity contribution in [1.29, 1.82) is 0 Å². The molecule has 2 heterocycles. The molecule has 0 fully saturated rings. The number of fused-ring (bicyclic) bond motifs is 1. The minimum Gasteiger partial charge on any atom is -0.304 e. The van der Waals surface area contributed by atoms with Crippen LogP contribution in [0.1, 0.15) is 38.3 Å². The van der Waals surface area contributed by atoms with Gasteiger partial charge in [0.05, 0.1) is 5.52 Å². The summed E-state index contributed by atoms with van der Waals surface area (Å²) in [6.07, 6.45) is 3.80. The standard InChI is InChI=1S/C12H17N3O/c1-4-5-9(3)15-11-10(14-12(15)16)8(2)6-7-13-11/h6-7,9H,4-5H2,1-3H3,(H,14,16). The van der Waals surface area contributed by atoms with Crippen LogP contribution in [0.15, 0.2) is 17.1 Å². The van der Waals surface area contributed by atoms with Crippen LogP contribution in [0, 0.1) is 6.92 Å². The Bertz CT molecular complexity index is 553. The van der Waals surface area contributed by atoms with Crippen molar-refractivity contribution < 1.29 is 0 Å². The number of aromatic nitrogens is 3. The van der Waals surface area contributed by atoms with E-state index < -0.39 is 0 Å². The molecule has 0 aliphatic rings. The topological polar surface area (TPSA) is 50.7 Å². The summed E-state index contributed by atoms with van der Waals surface area (Å²) in [7, 11) is 0. The molecular formula is C12H17N3O. The van der Waals surface area contributed by atoms with Crippen molar-refractivity contribution in [1.82, 2.24) is 14.5 Å². The molecule has 2 rings (SSSR count). The maximum absolute atomic E-state index is 11.9. The smallest absolute Gasteiger partial charge is 0.304 e. The number of rotatable bonds is 3. The van der Waals surface area contributed by atoms with E-state index in [1.807, 2.05) is 13.0 Å². The molecule has 86 valence electrons. The van der Waals surface area contributed by atoms with E-state index in [1.165, 1.54) is 0 Å². The SMILES string of the molecule is CCCC(C)n1c(=O)[nH]c2c(C)ccnc21. The van der Waals surface area contributed by atoms with Crippen molar-refractivity contribution in [3.8, 4) is 0 Å². The quantitative estimate of drug-likeness (QED) is 0.861. The number of hydrogen-bond acceptors (Lipinski definition) is 2. The molecule has 2 aromatic heterocycles. The van der Waals surface area contributed by atoms with Crippen molar-refractivity contribution in [3.63, 3.8) is 0 Å². The molecule has 0 radical (unpaired) electrons. The normalized spacial score (nSPS) is 13.2. The van der Waals surface area contributed by atoms with Gasteiger partial charge in [0.2, 0.25) is 0 Å². The third kappa shape index (κ3) is 1.64. The van der Waals surface area contributed by atoms with Crippen LogP contribution in [0.3, 0.4) is 0 Å². The second kappa shape index (κ2) is 4.12. The lowest BCUT2D eigenvalue weighted by molar-refractivity contribution is 0.497. The van der Waals surface area contributed by atoms with Crippen molar-refractivity contribution in [3.05, 3.63) is 28.3 Å². The lowest BCUT2D eigenvalue weighted by Gasteiger charge is -2.11. The van der Waals surface area contributed by atoms with Gasteiger partial charge in [0.25, 0.3) is 0 Å². The van der Waals surface area contributed by atoms with Crippen LogP contribution in [0.25, 0.3) is 11.2 Å². The predicted molar refractivity (Wildman–Crippen MR) is 64.7 cm³/mol. The molecule has 16 heavy (non-hydrogen) atoms. The molecule has 0 amide bonds. The van der Waals surface area contributed by atoms with Crippen LogP contribution >= 0.6 is 0 Å². The zero-order valence-corrected chi connectivity index (χ0v) is 9.95. The van der Waals surface area contributed by atoms with Crippen LogP contribution in [-0.4, -0.2) is 14.5 Å². The molecule has 0 spiro atoms. The first-order valence-corrected chi connectivity index (χ1v) is 5.71. The van der Waals surface area contributed by atoms with E-state index in [0.29, 0.717) is 0 Å². The molecule has 1 N–H and O–H groups in total. The molecule has 0 saturated carbocycles. The highest BCUT2D eigenvalue weighted by Gasteiger charge is 2.14. The van der Waals surface area contributed by atoms with Gasteiger partial charge >= 0.3 is 5.69 Å². The number of H-pyrrole nitrogens is 1. The molecule has 0 bridgehead atoms. The van der Waals surface area contributed by atoms with E-state index >= 15 is 0 Å². The Hall–Kier alpha value is -1.58. The Balaban J connectivity index is 2.65. The van der Waals surface area contributed by atoms with E-state index in [9.17, 15) is 4.79 Å². The van der Waals surface area contributed by atoms with Gasteiger partial charge in [0.15, 0.2) is 5.65 Å². The minimum absolute atomic E-state index is 0.0576. The van der Waals surface area contributed by atoms with Gasteiger partial charge in [0.1, 0.15) is 0 Å². The van der Waals surface area contributed by atoms with Crippen LogP contribution in [0.2, 0.25) is 0 Å². The van der Waals surface area contributed by atoms with E-state index in [4.69, 9.17) is 0 Å².